The first-order valence-electron chi connectivity index (χ1n) is 8.84. The van der Waals surface area contributed by atoms with E-state index in [1.165, 1.54) is 0 Å². The van der Waals surface area contributed by atoms with Gasteiger partial charge in [0.2, 0.25) is 0 Å². The van der Waals surface area contributed by atoms with E-state index in [0.717, 1.165) is 5.56 Å². The molecule has 0 fully saturated rings. The van der Waals surface area contributed by atoms with Crippen LogP contribution in [0.5, 0.6) is 11.5 Å². The highest BCUT2D eigenvalue weighted by Gasteiger charge is 2.34. The third kappa shape index (κ3) is 3.93. The summed E-state index contributed by atoms with van der Waals surface area (Å²) in [6, 6.07) is 13.2. The van der Waals surface area contributed by atoms with Crippen molar-refractivity contribution in [1.29, 1.82) is 0 Å². The van der Waals surface area contributed by atoms with E-state index in [1.54, 1.807) is 69.7 Å². The minimum atomic E-state index is -0.657. The summed E-state index contributed by atoms with van der Waals surface area (Å²) in [5, 5.41) is 5.55. The molecule has 0 aromatic heterocycles. The van der Waals surface area contributed by atoms with E-state index >= 15 is 0 Å². The summed E-state index contributed by atoms with van der Waals surface area (Å²) in [7, 11) is 3.15. The first-order valence-corrected chi connectivity index (χ1v) is 8.84. The van der Waals surface area contributed by atoms with Gasteiger partial charge in [0.15, 0.2) is 0 Å². The average molecular weight is 382 g/mol. The average Bonchev–Trinajstić information content (AvgIpc) is 2.73. The Hall–Kier alpha value is -3.48. The Balaban J connectivity index is 2.12. The van der Waals surface area contributed by atoms with Gasteiger partial charge in [-0.1, -0.05) is 12.1 Å². The molecule has 7 nitrogen and oxygen atoms in total. The number of rotatable bonds is 6. The largest absolute Gasteiger partial charge is 0.497 e. The van der Waals surface area contributed by atoms with Gasteiger partial charge in [-0.3, -0.25) is 0 Å². The number of methoxy groups -OCH3 is 2. The second-order valence-electron chi connectivity index (χ2n) is 6.04. The standard InChI is InChI=1S/C21H22N2O5/c1-4-28-20(24)17-18(13-5-9-15(26-2)10-6-13)22-21(25)23-19(17)14-7-11-16(27-3)12-8-14/h5-12,18H,4H2,1-3H3,(H2,22,23,25)/t18-/m1/s1. The van der Waals surface area contributed by atoms with Crippen molar-refractivity contribution in [3.05, 3.63) is 65.2 Å². The zero-order chi connectivity index (χ0) is 20.1. The molecule has 146 valence electrons. The smallest absolute Gasteiger partial charge is 0.338 e. The highest BCUT2D eigenvalue weighted by molar-refractivity contribution is 6.04. The Bertz CT molecular complexity index is 888. The number of ether oxygens (including phenoxy) is 3. The van der Waals surface area contributed by atoms with Crippen molar-refractivity contribution in [2.45, 2.75) is 13.0 Å². The van der Waals surface area contributed by atoms with Crippen LogP contribution in [0.2, 0.25) is 0 Å². The van der Waals surface area contributed by atoms with Crippen molar-refractivity contribution in [2.24, 2.45) is 0 Å². The lowest BCUT2D eigenvalue weighted by Crippen LogP contribution is -2.45. The third-order valence-corrected chi connectivity index (χ3v) is 4.40. The Morgan fingerprint density at radius 1 is 0.964 bits per heavy atom. The number of nitrogens with one attached hydrogen (secondary N) is 2. The number of hydrogen-bond acceptors (Lipinski definition) is 5. The fourth-order valence-electron chi connectivity index (χ4n) is 3.03. The topological polar surface area (TPSA) is 85.9 Å². The Kier molecular flexibility index (Phi) is 5.84. The van der Waals surface area contributed by atoms with Gasteiger partial charge in [-0.25, -0.2) is 9.59 Å². The van der Waals surface area contributed by atoms with Crippen molar-refractivity contribution < 1.29 is 23.8 Å². The van der Waals surface area contributed by atoms with Gasteiger partial charge in [-0.15, -0.1) is 0 Å². The molecule has 0 unspecified atom stereocenters. The molecule has 1 aliphatic heterocycles. The summed E-state index contributed by atoms with van der Waals surface area (Å²) in [5.74, 6) is 0.858. The van der Waals surface area contributed by atoms with Gasteiger partial charge in [0.25, 0.3) is 0 Å². The van der Waals surface area contributed by atoms with E-state index in [4.69, 9.17) is 14.2 Å². The van der Waals surface area contributed by atoms with Crippen molar-refractivity contribution >= 4 is 17.7 Å². The first-order chi connectivity index (χ1) is 13.6. The molecular weight excluding hydrogens is 360 g/mol. The summed E-state index contributed by atoms with van der Waals surface area (Å²) in [6.07, 6.45) is 0. The number of carbonyl (C=O) groups excluding carboxylic acids is 2. The van der Waals surface area contributed by atoms with Gasteiger partial charge in [0.1, 0.15) is 11.5 Å². The normalized spacial score (nSPS) is 16.1. The van der Waals surface area contributed by atoms with Crippen LogP contribution in [0.4, 0.5) is 4.79 Å². The first kappa shape index (κ1) is 19.3. The molecule has 1 heterocycles. The number of urea groups is 1. The molecule has 0 saturated carbocycles. The minimum absolute atomic E-state index is 0.224. The Morgan fingerprint density at radius 3 is 2.07 bits per heavy atom. The van der Waals surface area contributed by atoms with Crippen LogP contribution in [0, 0.1) is 0 Å². The fourth-order valence-corrected chi connectivity index (χ4v) is 3.03. The molecule has 0 saturated heterocycles. The van der Waals surface area contributed by atoms with Crippen molar-refractivity contribution in [1.82, 2.24) is 10.6 Å². The summed E-state index contributed by atoms with van der Waals surface area (Å²) in [6.45, 7) is 1.96. The molecule has 7 heteroatoms. The van der Waals surface area contributed by atoms with Gasteiger partial charge in [-0.2, -0.15) is 0 Å². The number of benzene rings is 2. The van der Waals surface area contributed by atoms with Crippen molar-refractivity contribution in [3.63, 3.8) is 0 Å². The lowest BCUT2D eigenvalue weighted by atomic mass is 9.92. The molecule has 2 N–H and O–H groups in total. The zero-order valence-corrected chi connectivity index (χ0v) is 15.9. The summed E-state index contributed by atoms with van der Waals surface area (Å²) in [5.41, 5.74) is 2.16. The molecule has 3 rings (SSSR count). The molecule has 28 heavy (non-hydrogen) atoms. The highest BCUT2D eigenvalue weighted by Crippen LogP contribution is 2.33. The number of hydrogen-bond donors (Lipinski definition) is 2. The van der Waals surface area contributed by atoms with Gasteiger partial charge in [0.05, 0.1) is 38.1 Å². The molecule has 2 amide bonds. The predicted molar refractivity (Wildman–Crippen MR) is 104 cm³/mol. The number of amides is 2. The highest BCUT2D eigenvalue weighted by atomic mass is 16.5. The van der Waals surface area contributed by atoms with Crippen LogP contribution in [-0.4, -0.2) is 32.8 Å². The quantitative estimate of drug-likeness (QED) is 0.750. The lowest BCUT2D eigenvalue weighted by Gasteiger charge is -2.29. The maximum Gasteiger partial charge on any atom is 0.338 e. The van der Waals surface area contributed by atoms with Gasteiger partial charge in [0, 0.05) is 0 Å². The van der Waals surface area contributed by atoms with E-state index in [-0.39, 0.29) is 6.61 Å². The Morgan fingerprint density at radius 2 is 1.54 bits per heavy atom. The molecule has 0 spiro atoms. The second kappa shape index (κ2) is 8.47. The van der Waals surface area contributed by atoms with Gasteiger partial charge < -0.3 is 24.8 Å². The van der Waals surface area contributed by atoms with Crippen LogP contribution in [0.1, 0.15) is 24.1 Å². The molecule has 0 radical (unpaired) electrons. The van der Waals surface area contributed by atoms with E-state index in [0.29, 0.717) is 28.3 Å². The lowest BCUT2D eigenvalue weighted by molar-refractivity contribution is -0.138. The molecule has 0 bridgehead atoms. The van der Waals surface area contributed by atoms with Crippen molar-refractivity contribution in [3.8, 4) is 11.5 Å². The predicted octanol–water partition coefficient (Wildman–Crippen LogP) is 3.03. The SMILES string of the molecule is CCOC(=O)C1=C(c2ccc(OC)cc2)NC(=O)N[C@@H]1c1ccc(OC)cc1. The van der Waals surface area contributed by atoms with Crippen LogP contribution in [0.3, 0.4) is 0 Å². The molecule has 0 aliphatic carbocycles. The van der Waals surface area contributed by atoms with Crippen LogP contribution < -0.4 is 20.1 Å². The van der Waals surface area contributed by atoms with Crippen LogP contribution in [0.25, 0.3) is 5.70 Å². The van der Waals surface area contributed by atoms with Crippen LogP contribution in [-0.2, 0) is 9.53 Å². The monoisotopic (exact) mass is 382 g/mol. The van der Waals surface area contributed by atoms with E-state index in [1.807, 2.05) is 0 Å². The molecule has 1 atom stereocenters. The van der Waals surface area contributed by atoms with Crippen LogP contribution >= 0.6 is 0 Å². The molecular formula is C21H22N2O5. The number of esters is 1. The maximum absolute atomic E-state index is 12.8. The number of carbonyl (C=O) groups is 2. The van der Waals surface area contributed by atoms with Crippen LogP contribution in [0.15, 0.2) is 54.1 Å². The molecule has 1 aliphatic rings. The zero-order valence-electron chi connectivity index (χ0n) is 15.9. The van der Waals surface area contributed by atoms with E-state index in [9.17, 15) is 9.59 Å². The minimum Gasteiger partial charge on any atom is -0.497 e. The second-order valence-corrected chi connectivity index (χ2v) is 6.04. The molecule has 2 aromatic rings. The maximum atomic E-state index is 12.8. The fraction of sp³-hybridized carbons (Fsp3) is 0.238. The summed E-state index contributed by atoms with van der Waals surface area (Å²) < 4.78 is 15.6. The third-order valence-electron chi connectivity index (χ3n) is 4.40. The van der Waals surface area contributed by atoms with Gasteiger partial charge in [-0.05, 0) is 54.4 Å². The van der Waals surface area contributed by atoms with Gasteiger partial charge >= 0.3 is 12.0 Å². The molecule has 2 aromatic carbocycles. The summed E-state index contributed by atoms with van der Waals surface area (Å²) in [4.78, 5) is 25.1. The van der Waals surface area contributed by atoms with Crippen molar-refractivity contribution in [2.75, 3.05) is 20.8 Å². The summed E-state index contributed by atoms with van der Waals surface area (Å²) >= 11 is 0. The van der Waals surface area contributed by atoms with E-state index in [2.05, 4.69) is 10.6 Å². The van der Waals surface area contributed by atoms with E-state index < -0.39 is 18.0 Å². The Labute approximate surface area is 163 Å².